The molecule has 0 aliphatic rings. The van der Waals surface area contributed by atoms with Crippen molar-refractivity contribution in [2.75, 3.05) is 0 Å². The fraction of sp³-hybridized carbons (Fsp3) is 0.154. The quantitative estimate of drug-likeness (QED) is 0.123. The zero-order valence-corrected chi connectivity index (χ0v) is 20.2. The van der Waals surface area contributed by atoms with Gasteiger partial charge in [-0.15, -0.1) is 34.9 Å². The van der Waals surface area contributed by atoms with Crippen LogP contribution in [0.1, 0.15) is 25.0 Å². The molecule has 0 spiro atoms. The van der Waals surface area contributed by atoms with Gasteiger partial charge in [0.1, 0.15) is 5.82 Å². The number of aryl methyl sites for hydroxylation is 2. The van der Waals surface area contributed by atoms with Crippen LogP contribution in [0.25, 0.3) is 32.8 Å². The largest absolute Gasteiger partial charge is 0.512 e. The second-order valence-corrected chi connectivity index (χ2v) is 7.31. The Bertz CT molecular complexity index is 1260. The number of aliphatic hydroxyl groups excluding tert-OH is 1. The van der Waals surface area contributed by atoms with Gasteiger partial charge in [-0.2, -0.15) is 0 Å². The smallest absolute Gasteiger partial charge is 0.155 e. The number of hydrogen-bond donors (Lipinski definition) is 1. The second-order valence-electron chi connectivity index (χ2n) is 7.31. The molecule has 0 unspecified atom stereocenters. The first-order valence-corrected chi connectivity index (χ1v) is 9.61. The van der Waals surface area contributed by atoms with Crippen LogP contribution in [0.3, 0.4) is 0 Å². The number of aliphatic hydroxyl groups is 1. The molecule has 5 heteroatoms. The zero-order chi connectivity index (χ0) is 21.8. The van der Waals surface area contributed by atoms with E-state index in [4.69, 9.17) is 5.11 Å². The van der Waals surface area contributed by atoms with E-state index in [0.717, 1.165) is 38.5 Å². The molecule has 0 aliphatic heterocycles. The summed E-state index contributed by atoms with van der Waals surface area (Å²) in [5.74, 6) is -0.278. The monoisotopic (exact) mass is 593 g/mol. The van der Waals surface area contributed by atoms with E-state index in [2.05, 4.69) is 23.2 Å². The predicted octanol–water partition coefficient (Wildman–Crippen LogP) is 6.65. The minimum Gasteiger partial charge on any atom is -0.512 e. The van der Waals surface area contributed by atoms with Crippen LogP contribution in [-0.2, 0) is 24.9 Å². The summed E-state index contributed by atoms with van der Waals surface area (Å²) in [6.45, 7) is 6.91. The number of ketones is 1. The number of allylic oxidation sites excluding steroid dienone is 2. The minimum absolute atomic E-state index is 0. The van der Waals surface area contributed by atoms with Crippen LogP contribution in [0.4, 0.5) is 4.39 Å². The molecule has 0 aliphatic carbocycles. The molecule has 1 heterocycles. The van der Waals surface area contributed by atoms with Gasteiger partial charge < -0.3 is 10.1 Å². The molecule has 1 radical (unpaired) electrons. The number of rotatable bonds is 2. The minimum atomic E-state index is -0.216. The Kier molecular flexibility index (Phi) is 8.21. The standard InChI is InChI=1S/C21H15FN.C5H8O2.Ir/c1-13-9-14(2)11-16(10-13)21-20-17-6-4-3-5-15(17)12-19(22)18(20)7-8-23-21;1-4(6)3-5(2)7;/h3-10,12H,1-2H3;3,6H,1-2H3;/q-1;;/b;4-3-;. The van der Waals surface area contributed by atoms with E-state index < -0.39 is 0 Å². The molecule has 0 atom stereocenters. The third-order valence-electron chi connectivity index (χ3n) is 4.54. The number of hydrogen-bond acceptors (Lipinski definition) is 3. The number of fused-ring (bicyclic) bond motifs is 3. The molecule has 0 saturated heterocycles. The Morgan fingerprint density at radius 2 is 1.77 bits per heavy atom. The van der Waals surface area contributed by atoms with Crippen molar-refractivity contribution in [3.63, 3.8) is 0 Å². The van der Waals surface area contributed by atoms with Gasteiger partial charge >= 0.3 is 0 Å². The molecule has 0 amide bonds. The third kappa shape index (κ3) is 5.84. The van der Waals surface area contributed by atoms with Gasteiger partial charge in [-0.25, -0.2) is 4.39 Å². The van der Waals surface area contributed by atoms with Crippen LogP contribution in [0.15, 0.2) is 66.6 Å². The average Bonchev–Trinajstić information content (AvgIpc) is 2.66. The summed E-state index contributed by atoms with van der Waals surface area (Å²) in [7, 11) is 0. The first-order valence-electron chi connectivity index (χ1n) is 9.61. The molecule has 3 nitrogen and oxygen atoms in total. The first kappa shape index (κ1) is 24.4. The SMILES string of the molecule is CC(=O)/C=C(/C)O.Cc1[c-]c(-c2nccc3c(F)cc4ccccc4c23)cc(C)c1.[Ir]. The number of carbonyl (C=O) groups is 1. The topological polar surface area (TPSA) is 50.2 Å². The maximum Gasteiger partial charge on any atom is 0.155 e. The van der Waals surface area contributed by atoms with Crippen molar-refractivity contribution >= 4 is 27.3 Å². The third-order valence-corrected chi connectivity index (χ3v) is 4.54. The van der Waals surface area contributed by atoms with Crippen molar-refractivity contribution in [3.05, 3.63) is 89.6 Å². The maximum atomic E-state index is 14.5. The molecule has 0 bridgehead atoms. The Labute approximate surface area is 195 Å². The summed E-state index contributed by atoms with van der Waals surface area (Å²) in [4.78, 5) is 14.6. The number of benzene rings is 3. The van der Waals surface area contributed by atoms with E-state index in [1.165, 1.54) is 19.9 Å². The first-order chi connectivity index (χ1) is 14.3. The molecule has 4 aromatic rings. The number of pyridine rings is 1. The second kappa shape index (κ2) is 10.4. The molecule has 4 rings (SSSR count). The number of aromatic nitrogens is 1. The molecule has 1 aromatic heterocycles. The van der Waals surface area contributed by atoms with Crippen molar-refractivity contribution < 1.29 is 34.4 Å². The molecule has 0 saturated carbocycles. The van der Waals surface area contributed by atoms with Gasteiger partial charge in [-0.3, -0.25) is 4.79 Å². The fourth-order valence-corrected chi connectivity index (χ4v) is 3.52. The van der Waals surface area contributed by atoms with E-state index in [1.54, 1.807) is 18.3 Å². The fourth-order valence-electron chi connectivity index (χ4n) is 3.52. The Morgan fingerprint density at radius 3 is 2.39 bits per heavy atom. The molecule has 3 aromatic carbocycles. The Morgan fingerprint density at radius 1 is 1.06 bits per heavy atom. The summed E-state index contributed by atoms with van der Waals surface area (Å²) >= 11 is 0. The van der Waals surface area contributed by atoms with Gasteiger partial charge in [0, 0.05) is 37.8 Å². The summed E-state index contributed by atoms with van der Waals surface area (Å²) < 4.78 is 14.5. The number of carbonyl (C=O) groups excluding carboxylic acids is 1. The summed E-state index contributed by atoms with van der Waals surface area (Å²) in [5, 5.41) is 11.7. The molecule has 31 heavy (non-hydrogen) atoms. The van der Waals surface area contributed by atoms with Crippen LogP contribution in [0, 0.1) is 25.7 Å². The average molecular weight is 593 g/mol. The van der Waals surface area contributed by atoms with E-state index in [1.807, 2.05) is 38.1 Å². The van der Waals surface area contributed by atoms with Gasteiger partial charge in [0.25, 0.3) is 0 Å². The van der Waals surface area contributed by atoms with Gasteiger partial charge in [0.2, 0.25) is 0 Å². The van der Waals surface area contributed by atoms with Crippen molar-refractivity contribution in [1.29, 1.82) is 0 Å². The number of halogens is 1. The molecular formula is C26H23FIrNO2-. The molecule has 0 fully saturated rings. The normalized spacial score (nSPS) is 10.9. The van der Waals surface area contributed by atoms with Crippen LogP contribution in [0.5, 0.6) is 0 Å². The zero-order valence-electron chi connectivity index (χ0n) is 17.8. The summed E-state index contributed by atoms with van der Waals surface area (Å²) in [5.41, 5.74) is 3.89. The van der Waals surface area contributed by atoms with E-state index in [0.29, 0.717) is 5.39 Å². The van der Waals surface area contributed by atoms with Gasteiger partial charge in [0.15, 0.2) is 5.78 Å². The maximum absolute atomic E-state index is 14.5. The van der Waals surface area contributed by atoms with Crippen LogP contribution < -0.4 is 0 Å². The van der Waals surface area contributed by atoms with E-state index in [9.17, 15) is 9.18 Å². The Balaban J connectivity index is 0.000000373. The van der Waals surface area contributed by atoms with Crippen molar-refractivity contribution in [2.45, 2.75) is 27.7 Å². The van der Waals surface area contributed by atoms with Crippen LogP contribution in [0.2, 0.25) is 0 Å². The van der Waals surface area contributed by atoms with Gasteiger partial charge in [-0.1, -0.05) is 38.1 Å². The van der Waals surface area contributed by atoms with Gasteiger partial charge in [0.05, 0.1) is 5.76 Å². The summed E-state index contributed by atoms with van der Waals surface area (Å²) in [6, 6.07) is 18.7. The predicted molar refractivity (Wildman–Crippen MR) is 120 cm³/mol. The molecule has 1 N–H and O–H groups in total. The van der Waals surface area contributed by atoms with E-state index >= 15 is 0 Å². The Hall–Kier alpha value is -2.88. The number of nitrogens with zero attached hydrogens (tertiary/aromatic N) is 1. The summed E-state index contributed by atoms with van der Waals surface area (Å²) in [6.07, 6.45) is 2.83. The van der Waals surface area contributed by atoms with Crippen molar-refractivity contribution in [3.8, 4) is 11.3 Å². The van der Waals surface area contributed by atoms with Crippen molar-refractivity contribution in [1.82, 2.24) is 4.98 Å². The van der Waals surface area contributed by atoms with Crippen LogP contribution >= 0.6 is 0 Å². The molecular weight excluding hydrogens is 570 g/mol. The van der Waals surface area contributed by atoms with Crippen molar-refractivity contribution in [2.24, 2.45) is 0 Å². The van der Waals surface area contributed by atoms with Crippen LogP contribution in [-0.4, -0.2) is 15.9 Å². The van der Waals surface area contributed by atoms with Gasteiger partial charge in [-0.05, 0) is 47.8 Å². The molecule has 161 valence electrons. The van der Waals surface area contributed by atoms with E-state index in [-0.39, 0.29) is 37.5 Å².